The van der Waals surface area contributed by atoms with Crippen molar-refractivity contribution in [3.8, 4) is 11.1 Å². The Balaban J connectivity index is 1.28. The molecule has 0 saturated heterocycles. The fourth-order valence-electron chi connectivity index (χ4n) is 4.20. The Kier molecular flexibility index (Phi) is 7.03. The summed E-state index contributed by atoms with van der Waals surface area (Å²) in [5.74, 6) is -0.0189. The highest BCUT2D eigenvalue weighted by atomic mass is 19.4. The topological polar surface area (TPSA) is 58.6 Å². The van der Waals surface area contributed by atoms with Gasteiger partial charge < -0.3 is 15.2 Å². The number of alkyl halides is 3. The van der Waals surface area contributed by atoms with Gasteiger partial charge in [-0.05, 0) is 51.9 Å². The van der Waals surface area contributed by atoms with Gasteiger partial charge in [-0.3, -0.25) is 0 Å². The average molecular weight is 467 g/mol. The van der Waals surface area contributed by atoms with Crippen molar-refractivity contribution in [2.45, 2.75) is 25.1 Å². The summed E-state index contributed by atoms with van der Waals surface area (Å²) in [5.41, 5.74) is 4.47. The number of aliphatic hydroxyl groups is 1. The Bertz CT molecular complexity index is 1160. The van der Waals surface area contributed by atoms with Gasteiger partial charge in [0, 0.05) is 12.5 Å². The molecule has 3 aromatic rings. The molecule has 4 nitrogen and oxygen atoms in total. The standard InChI is InChI=1S/C27H24F3NO3/c28-27(29,30)20-13-12-18(19(15-20)16-32)7-5-6-14-31-26(33)34-17-25-23-10-3-1-8-21(23)22-9-2-4-11-24(22)25/h1-5,7-13,15,25,32H,6,14,16-17H2,(H,31,33). The lowest BCUT2D eigenvalue weighted by molar-refractivity contribution is -0.137. The van der Waals surface area contributed by atoms with Gasteiger partial charge in [0.1, 0.15) is 6.61 Å². The minimum absolute atomic E-state index is 0.0189. The summed E-state index contributed by atoms with van der Waals surface area (Å²) in [6.45, 7) is 0.0327. The van der Waals surface area contributed by atoms with Crippen LogP contribution in [-0.4, -0.2) is 24.4 Å². The Morgan fingerprint density at radius 3 is 2.26 bits per heavy atom. The van der Waals surface area contributed by atoms with Gasteiger partial charge in [0.25, 0.3) is 0 Å². The summed E-state index contributed by atoms with van der Waals surface area (Å²) in [6, 6.07) is 19.4. The molecule has 0 saturated carbocycles. The quantitative estimate of drug-likeness (QED) is 0.411. The number of carbonyl (C=O) groups excluding carboxylic acids is 1. The number of nitrogens with one attached hydrogen (secondary N) is 1. The molecule has 1 amide bonds. The molecule has 0 atom stereocenters. The molecule has 34 heavy (non-hydrogen) atoms. The van der Waals surface area contributed by atoms with E-state index in [0.29, 0.717) is 18.5 Å². The first-order valence-corrected chi connectivity index (χ1v) is 10.9. The Labute approximate surface area is 195 Å². The van der Waals surface area contributed by atoms with Crippen molar-refractivity contribution < 1.29 is 27.8 Å². The molecule has 2 N–H and O–H groups in total. The number of fused-ring (bicyclic) bond motifs is 3. The fraction of sp³-hybridized carbons (Fsp3) is 0.222. The lowest BCUT2D eigenvalue weighted by Gasteiger charge is -2.14. The van der Waals surface area contributed by atoms with Crippen LogP contribution in [0.3, 0.4) is 0 Å². The Morgan fingerprint density at radius 1 is 1.00 bits per heavy atom. The first-order valence-electron chi connectivity index (χ1n) is 10.9. The SMILES string of the molecule is O=C(NCCC=Cc1ccc(C(F)(F)F)cc1CO)OCC1c2ccccc2-c2ccccc21. The van der Waals surface area contributed by atoms with Gasteiger partial charge in [0.15, 0.2) is 0 Å². The zero-order valence-electron chi connectivity index (χ0n) is 18.3. The highest BCUT2D eigenvalue weighted by Crippen LogP contribution is 2.44. The van der Waals surface area contributed by atoms with Crippen molar-refractivity contribution in [3.63, 3.8) is 0 Å². The number of hydrogen-bond acceptors (Lipinski definition) is 3. The van der Waals surface area contributed by atoms with Crippen molar-refractivity contribution in [1.29, 1.82) is 0 Å². The molecule has 176 valence electrons. The van der Waals surface area contributed by atoms with Crippen LogP contribution in [0.5, 0.6) is 0 Å². The van der Waals surface area contributed by atoms with Crippen molar-refractivity contribution in [3.05, 3.63) is 101 Å². The highest BCUT2D eigenvalue weighted by Gasteiger charge is 2.31. The molecule has 0 aromatic heterocycles. The van der Waals surface area contributed by atoms with Crippen molar-refractivity contribution in [1.82, 2.24) is 5.32 Å². The summed E-state index contributed by atoms with van der Waals surface area (Å²) in [5, 5.41) is 12.1. The minimum atomic E-state index is -4.46. The lowest BCUT2D eigenvalue weighted by atomic mass is 9.98. The zero-order chi connectivity index (χ0) is 24.1. The first kappa shape index (κ1) is 23.6. The van der Waals surface area contributed by atoms with Crippen LogP contribution < -0.4 is 5.32 Å². The van der Waals surface area contributed by atoms with E-state index in [2.05, 4.69) is 17.4 Å². The molecular formula is C27H24F3NO3. The Morgan fingerprint density at radius 2 is 1.65 bits per heavy atom. The number of halogens is 3. The lowest BCUT2D eigenvalue weighted by Crippen LogP contribution is -2.26. The van der Waals surface area contributed by atoms with Crippen LogP contribution in [0.1, 0.15) is 40.2 Å². The van der Waals surface area contributed by atoms with Crippen LogP contribution in [0.15, 0.2) is 72.8 Å². The number of hydrogen-bond donors (Lipinski definition) is 2. The van der Waals surface area contributed by atoms with Crippen LogP contribution in [0.4, 0.5) is 18.0 Å². The second-order valence-corrected chi connectivity index (χ2v) is 8.01. The van der Waals surface area contributed by atoms with Gasteiger partial charge >= 0.3 is 12.3 Å². The predicted octanol–water partition coefficient (Wildman–Crippen LogP) is 6.14. The molecule has 3 aromatic carbocycles. The predicted molar refractivity (Wildman–Crippen MR) is 124 cm³/mol. The minimum Gasteiger partial charge on any atom is -0.449 e. The van der Waals surface area contributed by atoms with E-state index in [-0.39, 0.29) is 18.1 Å². The maximum Gasteiger partial charge on any atom is 0.416 e. The van der Waals surface area contributed by atoms with Gasteiger partial charge in [-0.2, -0.15) is 13.2 Å². The monoisotopic (exact) mass is 467 g/mol. The highest BCUT2D eigenvalue weighted by molar-refractivity contribution is 5.79. The van der Waals surface area contributed by atoms with Gasteiger partial charge in [-0.15, -0.1) is 0 Å². The molecule has 0 radical (unpaired) electrons. The second-order valence-electron chi connectivity index (χ2n) is 8.01. The summed E-state index contributed by atoms with van der Waals surface area (Å²) < 4.78 is 43.9. The van der Waals surface area contributed by atoms with Crippen molar-refractivity contribution in [2.75, 3.05) is 13.2 Å². The van der Waals surface area contributed by atoms with Crippen LogP contribution >= 0.6 is 0 Å². The largest absolute Gasteiger partial charge is 0.449 e. The third kappa shape index (κ3) is 5.15. The van der Waals surface area contributed by atoms with E-state index in [1.807, 2.05) is 36.4 Å². The van der Waals surface area contributed by atoms with Gasteiger partial charge in [0.05, 0.1) is 12.2 Å². The normalized spacial score (nSPS) is 13.1. The van der Waals surface area contributed by atoms with E-state index in [1.165, 1.54) is 6.07 Å². The molecule has 0 unspecified atom stereocenters. The molecule has 7 heteroatoms. The molecule has 0 fully saturated rings. The summed E-state index contributed by atoms with van der Waals surface area (Å²) in [4.78, 5) is 12.2. The van der Waals surface area contributed by atoms with Gasteiger partial charge in [-0.1, -0.05) is 66.7 Å². The van der Waals surface area contributed by atoms with Crippen LogP contribution in [0.25, 0.3) is 17.2 Å². The molecular weight excluding hydrogens is 443 g/mol. The number of amides is 1. The summed E-state index contributed by atoms with van der Waals surface area (Å²) in [6.07, 6.45) is -1.17. The number of benzene rings is 3. The average Bonchev–Trinajstić information content (AvgIpc) is 3.15. The smallest absolute Gasteiger partial charge is 0.416 e. The third-order valence-corrected chi connectivity index (χ3v) is 5.86. The number of alkyl carbamates (subject to hydrolysis) is 1. The molecule has 0 heterocycles. The zero-order valence-corrected chi connectivity index (χ0v) is 18.3. The van der Waals surface area contributed by atoms with Crippen LogP contribution in [0, 0.1) is 0 Å². The van der Waals surface area contributed by atoms with E-state index < -0.39 is 24.4 Å². The van der Waals surface area contributed by atoms with Gasteiger partial charge in [-0.25, -0.2) is 4.79 Å². The summed E-state index contributed by atoms with van der Waals surface area (Å²) in [7, 11) is 0. The molecule has 4 rings (SSSR count). The molecule has 1 aliphatic carbocycles. The maximum atomic E-state index is 12.8. The molecule has 0 aliphatic heterocycles. The Hall–Kier alpha value is -3.58. The number of carbonyl (C=O) groups is 1. The van der Waals surface area contributed by atoms with E-state index in [0.717, 1.165) is 34.4 Å². The van der Waals surface area contributed by atoms with Gasteiger partial charge in [0.2, 0.25) is 0 Å². The summed E-state index contributed by atoms with van der Waals surface area (Å²) >= 11 is 0. The fourth-order valence-corrected chi connectivity index (χ4v) is 4.20. The first-order chi connectivity index (χ1) is 16.4. The van der Waals surface area contributed by atoms with E-state index in [4.69, 9.17) is 4.74 Å². The van der Waals surface area contributed by atoms with E-state index in [9.17, 15) is 23.1 Å². The van der Waals surface area contributed by atoms with Crippen LogP contribution in [0.2, 0.25) is 0 Å². The molecule has 0 spiro atoms. The number of aliphatic hydroxyl groups excluding tert-OH is 1. The van der Waals surface area contributed by atoms with E-state index >= 15 is 0 Å². The molecule has 1 aliphatic rings. The number of ether oxygens (including phenoxy) is 1. The van der Waals surface area contributed by atoms with Crippen molar-refractivity contribution in [2.24, 2.45) is 0 Å². The van der Waals surface area contributed by atoms with Crippen LogP contribution in [-0.2, 0) is 17.5 Å². The second kappa shape index (κ2) is 10.1. The third-order valence-electron chi connectivity index (χ3n) is 5.86. The maximum absolute atomic E-state index is 12.8. The molecule has 0 bridgehead atoms. The number of rotatable bonds is 7. The van der Waals surface area contributed by atoms with Crippen molar-refractivity contribution >= 4 is 12.2 Å². The van der Waals surface area contributed by atoms with E-state index in [1.54, 1.807) is 12.2 Å².